The maximum absolute atomic E-state index is 13.0. The van der Waals surface area contributed by atoms with E-state index < -0.39 is 23.1 Å². The van der Waals surface area contributed by atoms with Crippen LogP contribution < -0.4 is 0 Å². The SMILES string of the molecule is CC(F)(F)C(F)(F)c1cc[nH]c1[C]=O. The van der Waals surface area contributed by atoms with Crippen LogP contribution in [0.5, 0.6) is 0 Å². The first kappa shape index (κ1) is 10.7. The van der Waals surface area contributed by atoms with E-state index in [2.05, 4.69) is 4.98 Å². The number of carbonyl (C=O) groups excluding carboxylic acids is 1. The number of alkyl halides is 4. The lowest BCUT2D eigenvalue weighted by Gasteiger charge is -2.22. The second-order valence-electron chi connectivity index (χ2n) is 2.83. The summed E-state index contributed by atoms with van der Waals surface area (Å²) in [5.41, 5.74) is -1.70. The molecule has 0 aliphatic rings. The Bertz CT molecular complexity index is 339. The number of rotatable bonds is 3. The van der Waals surface area contributed by atoms with Crippen molar-refractivity contribution >= 4 is 6.29 Å². The monoisotopic (exact) mass is 208 g/mol. The molecule has 0 bridgehead atoms. The van der Waals surface area contributed by atoms with Crippen LogP contribution in [0.2, 0.25) is 0 Å². The molecule has 0 aliphatic carbocycles. The van der Waals surface area contributed by atoms with Crippen molar-refractivity contribution in [2.45, 2.75) is 18.8 Å². The largest absolute Gasteiger partial charge is 0.358 e. The Labute approximate surface area is 76.9 Å². The lowest BCUT2D eigenvalue weighted by molar-refractivity contribution is -0.204. The Balaban J connectivity index is 3.22. The number of hydrogen-bond acceptors (Lipinski definition) is 1. The number of aromatic nitrogens is 1. The molecule has 0 saturated heterocycles. The molecule has 6 heteroatoms. The molecular formula is C8H6F4NO. The van der Waals surface area contributed by atoms with Gasteiger partial charge in [-0.1, -0.05) is 0 Å². The summed E-state index contributed by atoms with van der Waals surface area (Å²) in [4.78, 5) is 12.2. The molecule has 1 aromatic heterocycles. The predicted octanol–water partition coefficient (Wildman–Crippen LogP) is 2.22. The Kier molecular flexibility index (Phi) is 2.39. The zero-order valence-electron chi connectivity index (χ0n) is 7.07. The third kappa shape index (κ3) is 1.51. The highest BCUT2D eigenvalue weighted by molar-refractivity contribution is 5.75. The zero-order valence-corrected chi connectivity index (χ0v) is 7.07. The molecule has 1 aromatic rings. The van der Waals surface area contributed by atoms with Gasteiger partial charge in [0.15, 0.2) is 0 Å². The third-order valence-electron chi connectivity index (χ3n) is 1.74. The smallest absolute Gasteiger partial charge is 0.337 e. The van der Waals surface area contributed by atoms with Crippen LogP contribution in [0.4, 0.5) is 17.6 Å². The van der Waals surface area contributed by atoms with Crippen molar-refractivity contribution in [2.75, 3.05) is 0 Å². The molecule has 0 unspecified atom stereocenters. The fourth-order valence-electron chi connectivity index (χ4n) is 0.952. The van der Waals surface area contributed by atoms with Crippen molar-refractivity contribution in [3.63, 3.8) is 0 Å². The summed E-state index contributed by atoms with van der Waals surface area (Å²) in [6.45, 7) is 0.0918. The van der Waals surface area contributed by atoms with Gasteiger partial charge in [-0.3, -0.25) is 4.79 Å². The number of halogens is 4. The van der Waals surface area contributed by atoms with Gasteiger partial charge in [0.05, 0.1) is 11.3 Å². The average Bonchev–Trinajstić information content (AvgIpc) is 2.49. The average molecular weight is 208 g/mol. The molecule has 0 aliphatic heterocycles. The van der Waals surface area contributed by atoms with E-state index in [9.17, 15) is 22.4 Å². The van der Waals surface area contributed by atoms with Crippen molar-refractivity contribution in [3.8, 4) is 0 Å². The van der Waals surface area contributed by atoms with Gasteiger partial charge in [0.2, 0.25) is 0 Å². The van der Waals surface area contributed by atoms with Crippen LogP contribution in [-0.4, -0.2) is 17.2 Å². The van der Waals surface area contributed by atoms with Crippen molar-refractivity contribution in [1.29, 1.82) is 0 Å². The fraction of sp³-hybridized carbons (Fsp3) is 0.375. The molecule has 1 N–H and O–H groups in total. The lowest BCUT2D eigenvalue weighted by atomic mass is 10.0. The van der Waals surface area contributed by atoms with E-state index in [-0.39, 0.29) is 6.92 Å². The Morgan fingerprint density at radius 1 is 1.36 bits per heavy atom. The molecule has 0 atom stereocenters. The first-order valence-corrected chi connectivity index (χ1v) is 3.62. The molecule has 14 heavy (non-hydrogen) atoms. The molecule has 1 radical (unpaired) electrons. The van der Waals surface area contributed by atoms with Crippen molar-refractivity contribution in [2.24, 2.45) is 0 Å². The van der Waals surface area contributed by atoms with E-state index in [0.29, 0.717) is 0 Å². The molecule has 0 amide bonds. The minimum absolute atomic E-state index is 0.0918. The summed E-state index contributed by atoms with van der Waals surface area (Å²) in [5.74, 6) is -8.60. The zero-order chi connectivity index (χ0) is 11.0. The highest BCUT2D eigenvalue weighted by Crippen LogP contribution is 2.43. The van der Waals surface area contributed by atoms with Crippen LogP contribution in [0, 0.1) is 0 Å². The molecule has 0 spiro atoms. The van der Waals surface area contributed by atoms with Gasteiger partial charge in [-0.05, 0) is 6.07 Å². The Morgan fingerprint density at radius 2 is 1.93 bits per heavy atom. The van der Waals surface area contributed by atoms with E-state index >= 15 is 0 Å². The topological polar surface area (TPSA) is 32.9 Å². The fourth-order valence-corrected chi connectivity index (χ4v) is 0.952. The van der Waals surface area contributed by atoms with E-state index in [1.165, 1.54) is 0 Å². The van der Waals surface area contributed by atoms with Crippen LogP contribution >= 0.6 is 0 Å². The van der Waals surface area contributed by atoms with Crippen LogP contribution in [0.25, 0.3) is 0 Å². The normalized spacial score (nSPS) is 12.9. The second-order valence-corrected chi connectivity index (χ2v) is 2.83. The third-order valence-corrected chi connectivity index (χ3v) is 1.74. The van der Waals surface area contributed by atoms with Gasteiger partial charge in [0.1, 0.15) is 0 Å². The molecule has 2 nitrogen and oxygen atoms in total. The van der Waals surface area contributed by atoms with Crippen LogP contribution in [0.1, 0.15) is 18.2 Å². The van der Waals surface area contributed by atoms with Crippen LogP contribution in [0.15, 0.2) is 12.3 Å². The van der Waals surface area contributed by atoms with E-state index in [1.54, 1.807) is 0 Å². The van der Waals surface area contributed by atoms with E-state index in [0.717, 1.165) is 18.5 Å². The Hall–Kier alpha value is -1.33. The molecule has 1 rings (SSSR count). The molecule has 0 fully saturated rings. The van der Waals surface area contributed by atoms with Crippen LogP contribution in [-0.2, 0) is 10.7 Å². The molecule has 0 saturated carbocycles. The summed E-state index contributed by atoms with van der Waals surface area (Å²) in [5, 5.41) is 0. The van der Waals surface area contributed by atoms with Gasteiger partial charge >= 0.3 is 11.8 Å². The molecule has 1 heterocycles. The first-order chi connectivity index (χ1) is 6.30. The van der Waals surface area contributed by atoms with Gasteiger partial charge in [0, 0.05) is 13.1 Å². The van der Waals surface area contributed by atoms with Gasteiger partial charge in [-0.15, -0.1) is 0 Å². The summed E-state index contributed by atoms with van der Waals surface area (Å²) >= 11 is 0. The quantitative estimate of drug-likeness (QED) is 0.759. The highest BCUT2D eigenvalue weighted by Gasteiger charge is 2.54. The number of aromatic amines is 1. The predicted molar refractivity (Wildman–Crippen MR) is 40.1 cm³/mol. The number of H-pyrrole nitrogens is 1. The van der Waals surface area contributed by atoms with Gasteiger partial charge in [0.25, 0.3) is 6.29 Å². The molecule has 0 aromatic carbocycles. The van der Waals surface area contributed by atoms with Crippen molar-refractivity contribution in [3.05, 3.63) is 23.5 Å². The summed E-state index contributed by atoms with van der Waals surface area (Å²) < 4.78 is 51.0. The maximum Gasteiger partial charge on any atom is 0.337 e. The first-order valence-electron chi connectivity index (χ1n) is 3.62. The minimum atomic E-state index is -4.38. The molecule has 77 valence electrons. The maximum atomic E-state index is 13.0. The van der Waals surface area contributed by atoms with Gasteiger partial charge in [-0.25, -0.2) is 0 Å². The van der Waals surface area contributed by atoms with Gasteiger partial charge in [-0.2, -0.15) is 17.6 Å². The van der Waals surface area contributed by atoms with Crippen molar-refractivity contribution < 1.29 is 22.4 Å². The summed E-state index contributed by atoms with van der Waals surface area (Å²) in [7, 11) is 0. The Morgan fingerprint density at radius 3 is 2.36 bits per heavy atom. The number of hydrogen-bond donors (Lipinski definition) is 1. The molecular weight excluding hydrogens is 202 g/mol. The standard InChI is InChI=1S/C8H6F4NO/c1-7(9,10)8(11,12)5-2-3-13-6(5)4-14/h2-3,13H,1H3. The van der Waals surface area contributed by atoms with Crippen LogP contribution in [0.3, 0.4) is 0 Å². The van der Waals surface area contributed by atoms with Gasteiger partial charge < -0.3 is 4.98 Å². The summed E-state index contributed by atoms with van der Waals surface area (Å²) in [6.07, 6.45) is 2.12. The lowest BCUT2D eigenvalue weighted by Crippen LogP contribution is -2.35. The summed E-state index contributed by atoms with van der Waals surface area (Å²) in [6, 6.07) is 0.734. The van der Waals surface area contributed by atoms with Crippen molar-refractivity contribution in [1.82, 2.24) is 4.98 Å². The second kappa shape index (κ2) is 3.11. The van der Waals surface area contributed by atoms with E-state index in [1.807, 2.05) is 0 Å². The highest BCUT2D eigenvalue weighted by atomic mass is 19.3. The minimum Gasteiger partial charge on any atom is -0.358 e. The number of nitrogens with one attached hydrogen (secondary N) is 1. The van der Waals surface area contributed by atoms with E-state index in [4.69, 9.17) is 0 Å².